The third kappa shape index (κ3) is 3.32. The van der Waals surface area contributed by atoms with Crippen LogP contribution in [0, 0.1) is 5.92 Å². The molecular weight excluding hydrogens is 288 g/mol. The second-order valence-corrected chi connectivity index (χ2v) is 5.34. The first-order valence-corrected chi connectivity index (χ1v) is 7.40. The number of ether oxygens (including phenoxy) is 2. The molecule has 2 rings (SSSR count). The summed E-state index contributed by atoms with van der Waals surface area (Å²) in [6.45, 7) is 2.11. The molecule has 0 aliphatic carbocycles. The summed E-state index contributed by atoms with van der Waals surface area (Å²) < 4.78 is 10.7. The molecule has 0 radical (unpaired) electrons. The first kappa shape index (κ1) is 16.1. The maximum absolute atomic E-state index is 11.4. The lowest BCUT2D eigenvalue weighted by molar-refractivity contribution is -0.155. The molecule has 0 fully saturated rings. The maximum Gasteiger partial charge on any atom is 0.318 e. The van der Waals surface area contributed by atoms with Crippen LogP contribution in [0.3, 0.4) is 0 Å². The molecule has 1 aromatic carbocycles. The Bertz CT molecular complexity index is 540. The van der Waals surface area contributed by atoms with Crippen LogP contribution in [0.15, 0.2) is 18.2 Å². The van der Waals surface area contributed by atoms with Crippen molar-refractivity contribution in [3.63, 3.8) is 0 Å². The zero-order valence-corrected chi connectivity index (χ0v) is 12.4. The van der Waals surface area contributed by atoms with Crippen molar-refractivity contribution >= 4 is 11.9 Å². The second-order valence-electron chi connectivity index (χ2n) is 5.34. The van der Waals surface area contributed by atoms with Gasteiger partial charge in [0.25, 0.3) is 0 Å². The summed E-state index contributed by atoms with van der Waals surface area (Å²) in [6.07, 6.45) is 3.15. The third-order valence-electron chi connectivity index (χ3n) is 3.88. The van der Waals surface area contributed by atoms with Gasteiger partial charge in [0.15, 0.2) is 17.4 Å². The van der Waals surface area contributed by atoms with Crippen LogP contribution >= 0.6 is 0 Å². The average Bonchev–Trinajstić information content (AvgIpc) is 2.93. The highest BCUT2D eigenvalue weighted by Gasteiger charge is 2.38. The molecule has 6 heteroatoms. The molecular formula is C16H20O6. The van der Waals surface area contributed by atoms with Gasteiger partial charge in [0.05, 0.1) is 0 Å². The molecule has 1 heterocycles. The summed E-state index contributed by atoms with van der Waals surface area (Å²) in [5.74, 6) is -3.79. The largest absolute Gasteiger partial charge is 0.481 e. The summed E-state index contributed by atoms with van der Waals surface area (Å²) in [7, 11) is 0. The van der Waals surface area contributed by atoms with Gasteiger partial charge in [-0.1, -0.05) is 38.3 Å². The number of benzene rings is 1. The Hall–Kier alpha value is -2.24. The van der Waals surface area contributed by atoms with E-state index >= 15 is 0 Å². The molecule has 120 valence electrons. The zero-order chi connectivity index (χ0) is 16.1. The van der Waals surface area contributed by atoms with Crippen LogP contribution in [-0.4, -0.2) is 28.9 Å². The van der Waals surface area contributed by atoms with E-state index in [1.54, 1.807) is 18.2 Å². The lowest BCUT2D eigenvalue weighted by Gasteiger charge is -2.22. The Balaban J connectivity index is 2.37. The monoisotopic (exact) mass is 308 g/mol. The van der Waals surface area contributed by atoms with Gasteiger partial charge in [-0.05, 0) is 12.5 Å². The molecule has 2 N–H and O–H groups in total. The van der Waals surface area contributed by atoms with Crippen molar-refractivity contribution in [3.05, 3.63) is 23.8 Å². The number of hydrogen-bond acceptors (Lipinski definition) is 4. The van der Waals surface area contributed by atoms with Gasteiger partial charge in [-0.3, -0.25) is 9.59 Å². The third-order valence-corrected chi connectivity index (χ3v) is 3.88. The first-order valence-electron chi connectivity index (χ1n) is 7.40. The van der Waals surface area contributed by atoms with E-state index < -0.39 is 23.8 Å². The minimum absolute atomic E-state index is 0.0683. The minimum Gasteiger partial charge on any atom is -0.481 e. The predicted octanol–water partition coefficient (Wildman–Crippen LogP) is 2.86. The number of carbonyl (C=O) groups is 2. The van der Waals surface area contributed by atoms with Gasteiger partial charge in [0.1, 0.15) is 0 Å². The van der Waals surface area contributed by atoms with Crippen LogP contribution in [0.5, 0.6) is 11.5 Å². The van der Waals surface area contributed by atoms with E-state index in [1.165, 1.54) is 0 Å². The maximum atomic E-state index is 11.4. The van der Waals surface area contributed by atoms with E-state index in [-0.39, 0.29) is 6.79 Å². The fourth-order valence-electron chi connectivity index (χ4n) is 2.81. The summed E-state index contributed by atoms with van der Waals surface area (Å²) >= 11 is 0. The van der Waals surface area contributed by atoms with E-state index in [0.29, 0.717) is 23.5 Å². The molecule has 0 aromatic heterocycles. The number of para-hydroxylation sites is 1. The Morgan fingerprint density at radius 1 is 1.18 bits per heavy atom. The summed E-state index contributed by atoms with van der Waals surface area (Å²) in [5, 5.41) is 18.7. The van der Waals surface area contributed by atoms with Crippen molar-refractivity contribution in [2.24, 2.45) is 5.92 Å². The molecule has 0 saturated carbocycles. The second kappa shape index (κ2) is 7.15. The van der Waals surface area contributed by atoms with Crippen LogP contribution < -0.4 is 9.47 Å². The molecule has 1 aromatic rings. The number of carboxylic acids is 2. The van der Waals surface area contributed by atoms with Crippen molar-refractivity contribution in [2.45, 2.75) is 38.5 Å². The van der Waals surface area contributed by atoms with Gasteiger partial charge in [0.2, 0.25) is 6.79 Å². The van der Waals surface area contributed by atoms with Crippen molar-refractivity contribution in [1.29, 1.82) is 0 Å². The lowest BCUT2D eigenvalue weighted by Crippen LogP contribution is -2.30. The van der Waals surface area contributed by atoms with Gasteiger partial charge >= 0.3 is 11.9 Å². The molecule has 1 atom stereocenters. The zero-order valence-electron chi connectivity index (χ0n) is 12.4. The van der Waals surface area contributed by atoms with Crippen LogP contribution in [0.4, 0.5) is 0 Å². The quantitative estimate of drug-likeness (QED) is 0.566. The Morgan fingerprint density at radius 2 is 1.91 bits per heavy atom. The highest BCUT2D eigenvalue weighted by atomic mass is 16.7. The summed E-state index contributed by atoms with van der Waals surface area (Å²) in [6, 6.07) is 5.19. The average molecular weight is 308 g/mol. The summed E-state index contributed by atoms with van der Waals surface area (Å²) in [4.78, 5) is 22.9. The van der Waals surface area contributed by atoms with Crippen molar-refractivity contribution in [2.75, 3.05) is 6.79 Å². The molecule has 0 amide bonds. The van der Waals surface area contributed by atoms with E-state index in [9.17, 15) is 19.8 Å². The number of fused-ring (bicyclic) bond motifs is 1. The van der Waals surface area contributed by atoms with Crippen molar-refractivity contribution < 1.29 is 29.3 Å². The van der Waals surface area contributed by atoms with Crippen LogP contribution in [0.2, 0.25) is 0 Å². The summed E-state index contributed by atoms with van der Waals surface area (Å²) in [5.41, 5.74) is 0.598. The molecule has 1 aliphatic rings. The molecule has 1 aliphatic heterocycles. The number of unbranched alkanes of at least 4 members (excludes halogenated alkanes) is 2. The molecule has 0 bridgehead atoms. The van der Waals surface area contributed by atoms with Gasteiger partial charge < -0.3 is 19.7 Å². The Labute approximate surface area is 128 Å². The standard InChI is InChI=1S/C16H20O6/c1-2-3-4-6-10(13(15(17)18)16(19)20)11-7-5-8-12-14(11)22-9-21-12/h5,7-8,10,13H,2-4,6,9H2,1H3,(H,17,18)(H,19,20). The number of rotatable bonds is 8. The van der Waals surface area contributed by atoms with Gasteiger partial charge in [-0.15, -0.1) is 0 Å². The van der Waals surface area contributed by atoms with Crippen molar-refractivity contribution in [1.82, 2.24) is 0 Å². The smallest absolute Gasteiger partial charge is 0.318 e. The van der Waals surface area contributed by atoms with Crippen LogP contribution in [-0.2, 0) is 9.59 Å². The Morgan fingerprint density at radius 3 is 2.55 bits per heavy atom. The van der Waals surface area contributed by atoms with Crippen molar-refractivity contribution in [3.8, 4) is 11.5 Å². The van der Waals surface area contributed by atoms with Gasteiger partial charge in [-0.25, -0.2) is 0 Å². The fourth-order valence-corrected chi connectivity index (χ4v) is 2.81. The van der Waals surface area contributed by atoms with E-state index in [0.717, 1.165) is 19.3 Å². The topological polar surface area (TPSA) is 93.1 Å². The minimum atomic E-state index is -1.49. The Kier molecular flexibility index (Phi) is 5.25. The van der Waals surface area contributed by atoms with E-state index in [4.69, 9.17) is 9.47 Å². The molecule has 1 unspecified atom stereocenters. The molecule has 0 spiro atoms. The fraction of sp³-hybridized carbons (Fsp3) is 0.500. The van der Waals surface area contributed by atoms with E-state index in [1.807, 2.05) is 6.92 Å². The van der Waals surface area contributed by atoms with Gasteiger partial charge in [0, 0.05) is 11.5 Å². The van der Waals surface area contributed by atoms with Crippen LogP contribution in [0.1, 0.15) is 44.1 Å². The van der Waals surface area contributed by atoms with E-state index in [2.05, 4.69) is 0 Å². The predicted molar refractivity (Wildman–Crippen MR) is 78.2 cm³/mol. The molecule has 6 nitrogen and oxygen atoms in total. The van der Waals surface area contributed by atoms with Crippen LogP contribution in [0.25, 0.3) is 0 Å². The highest BCUT2D eigenvalue weighted by molar-refractivity contribution is 5.94. The number of hydrogen-bond donors (Lipinski definition) is 2. The highest BCUT2D eigenvalue weighted by Crippen LogP contribution is 2.43. The SMILES string of the molecule is CCCCCC(c1cccc2c1OCO2)C(C(=O)O)C(=O)O. The molecule has 0 saturated heterocycles. The number of carboxylic acid groups (broad SMARTS) is 2. The normalized spacial score (nSPS) is 14.1. The molecule has 22 heavy (non-hydrogen) atoms. The number of aliphatic carboxylic acids is 2. The lowest BCUT2D eigenvalue weighted by atomic mass is 9.81. The van der Waals surface area contributed by atoms with Gasteiger partial charge in [-0.2, -0.15) is 0 Å². The first-order chi connectivity index (χ1) is 10.6.